The number of carbonyl (C=O) groups is 1. The van der Waals surface area contributed by atoms with Gasteiger partial charge in [-0.2, -0.15) is 0 Å². The van der Waals surface area contributed by atoms with Crippen molar-refractivity contribution in [3.05, 3.63) is 35.2 Å². The number of nitrogens with two attached hydrogens (primary N) is 1. The highest BCUT2D eigenvalue weighted by Gasteiger charge is 2.15. The summed E-state index contributed by atoms with van der Waals surface area (Å²) in [4.78, 5) is 12.1. The summed E-state index contributed by atoms with van der Waals surface area (Å²) >= 11 is 1.27. The number of nitrogens with zero attached hydrogens (tertiary/aromatic N) is 3. The fourth-order valence-electron chi connectivity index (χ4n) is 2.78. The van der Waals surface area contributed by atoms with Crippen LogP contribution in [0.2, 0.25) is 0 Å². The van der Waals surface area contributed by atoms with Crippen LogP contribution in [0.15, 0.2) is 23.4 Å². The van der Waals surface area contributed by atoms with Gasteiger partial charge >= 0.3 is 0 Å². The van der Waals surface area contributed by atoms with E-state index < -0.39 is 0 Å². The molecule has 28 heavy (non-hydrogen) atoms. The fraction of sp³-hybridized carbons (Fsp3) is 0.550. The second kappa shape index (κ2) is 10.4. The molecule has 0 spiro atoms. The third-order valence-corrected chi connectivity index (χ3v) is 5.51. The number of benzene rings is 1. The van der Waals surface area contributed by atoms with Gasteiger partial charge in [0.15, 0.2) is 5.82 Å². The minimum absolute atomic E-state index is 0.0270. The van der Waals surface area contributed by atoms with Gasteiger partial charge in [-0.3, -0.25) is 4.79 Å². The Bertz CT molecular complexity index is 787. The van der Waals surface area contributed by atoms with Crippen molar-refractivity contribution < 1.29 is 9.53 Å². The van der Waals surface area contributed by atoms with Gasteiger partial charge in [0.05, 0.1) is 5.75 Å². The molecule has 0 radical (unpaired) electrons. The molecule has 1 heterocycles. The smallest absolute Gasteiger partial charge is 0.230 e. The molecule has 1 amide bonds. The first-order valence-electron chi connectivity index (χ1n) is 9.70. The van der Waals surface area contributed by atoms with Crippen LogP contribution in [0.5, 0.6) is 5.75 Å². The summed E-state index contributed by atoms with van der Waals surface area (Å²) in [5.41, 5.74) is 2.27. The van der Waals surface area contributed by atoms with Gasteiger partial charge in [0.2, 0.25) is 11.1 Å². The van der Waals surface area contributed by atoms with Crippen LogP contribution in [-0.4, -0.2) is 32.6 Å². The highest BCUT2D eigenvalue weighted by Crippen LogP contribution is 2.28. The van der Waals surface area contributed by atoms with Crippen molar-refractivity contribution in [3.8, 4) is 5.75 Å². The van der Waals surface area contributed by atoms with Crippen LogP contribution < -0.4 is 15.9 Å². The number of nitrogens with one attached hydrogen (secondary N) is 1. The normalized spacial score (nSPS) is 11.2. The summed E-state index contributed by atoms with van der Waals surface area (Å²) in [6.07, 6.45) is 1.83. The molecule has 0 aliphatic carbocycles. The van der Waals surface area contributed by atoms with Crippen LogP contribution >= 0.6 is 11.8 Å². The van der Waals surface area contributed by atoms with E-state index in [9.17, 15) is 4.79 Å². The number of hydrogen-bond acceptors (Lipinski definition) is 6. The Hall–Kier alpha value is -2.22. The van der Waals surface area contributed by atoms with Crippen molar-refractivity contribution in [2.75, 3.05) is 11.6 Å². The molecular weight excluding hydrogens is 374 g/mol. The lowest BCUT2D eigenvalue weighted by atomic mass is 10.0. The first-order valence-corrected chi connectivity index (χ1v) is 10.7. The van der Waals surface area contributed by atoms with Crippen molar-refractivity contribution in [3.63, 3.8) is 0 Å². The number of hydrogen-bond donors (Lipinski definition) is 2. The largest absolute Gasteiger partial charge is 0.485 e. The number of nitrogen functional groups attached to an aromatic ring is 1. The van der Waals surface area contributed by atoms with Crippen LogP contribution in [0.4, 0.5) is 0 Å². The molecule has 1 aromatic carbocycles. The number of carbonyl (C=O) groups excluding carboxylic acids is 1. The highest BCUT2D eigenvalue weighted by molar-refractivity contribution is 7.99. The molecule has 0 bridgehead atoms. The maximum atomic E-state index is 12.1. The van der Waals surface area contributed by atoms with Crippen LogP contribution in [-0.2, 0) is 11.4 Å². The molecule has 0 saturated carbocycles. The second-order valence-corrected chi connectivity index (χ2v) is 8.07. The number of thioether (sulfide) groups is 1. The van der Waals surface area contributed by atoms with Gasteiger partial charge in [-0.1, -0.05) is 51.6 Å². The van der Waals surface area contributed by atoms with Crippen LogP contribution in [0.3, 0.4) is 0 Å². The van der Waals surface area contributed by atoms with Gasteiger partial charge in [-0.25, -0.2) is 4.68 Å². The fourth-order valence-corrected chi connectivity index (χ4v) is 3.47. The van der Waals surface area contributed by atoms with Crippen molar-refractivity contribution in [1.29, 1.82) is 0 Å². The predicted molar refractivity (Wildman–Crippen MR) is 113 cm³/mol. The number of rotatable bonds is 10. The zero-order valence-corrected chi connectivity index (χ0v) is 18.2. The SMILES string of the molecule is CCC(CC)NC(=O)CSc1nnc(COc2cc(C)ccc2C(C)C)n1N. The van der Waals surface area contributed by atoms with E-state index in [4.69, 9.17) is 10.6 Å². The maximum Gasteiger partial charge on any atom is 0.230 e. The molecule has 0 atom stereocenters. The van der Waals surface area contributed by atoms with Crippen molar-refractivity contribution in [2.45, 2.75) is 71.2 Å². The molecule has 0 fully saturated rings. The third kappa shape index (κ3) is 5.89. The lowest BCUT2D eigenvalue weighted by Gasteiger charge is -2.15. The summed E-state index contributed by atoms with van der Waals surface area (Å²) in [6, 6.07) is 6.39. The van der Waals surface area contributed by atoms with Crippen molar-refractivity contribution in [1.82, 2.24) is 20.2 Å². The second-order valence-electron chi connectivity index (χ2n) is 7.12. The van der Waals surface area contributed by atoms with Crippen molar-refractivity contribution >= 4 is 17.7 Å². The Morgan fingerprint density at radius 2 is 2.00 bits per heavy atom. The zero-order chi connectivity index (χ0) is 20.7. The van der Waals surface area contributed by atoms with Crippen molar-refractivity contribution in [2.24, 2.45) is 0 Å². The average Bonchev–Trinajstić information content (AvgIpc) is 3.02. The van der Waals surface area contributed by atoms with Gasteiger partial charge in [0.25, 0.3) is 0 Å². The highest BCUT2D eigenvalue weighted by atomic mass is 32.2. The summed E-state index contributed by atoms with van der Waals surface area (Å²) in [7, 11) is 0. The first-order chi connectivity index (χ1) is 13.3. The molecule has 8 heteroatoms. The molecule has 0 saturated heterocycles. The Morgan fingerprint density at radius 1 is 1.29 bits per heavy atom. The molecule has 2 rings (SSSR count). The number of aryl methyl sites for hydroxylation is 1. The minimum atomic E-state index is -0.0270. The molecule has 2 aromatic rings. The average molecular weight is 406 g/mol. The zero-order valence-electron chi connectivity index (χ0n) is 17.4. The summed E-state index contributed by atoms with van der Waals surface area (Å²) < 4.78 is 7.36. The number of aromatic nitrogens is 3. The van der Waals surface area contributed by atoms with E-state index in [2.05, 4.69) is 55.3 Å². The molecule has 7 nitrogen and oxygen atoms in total. The van der Waals surface area contributed by atoms with E-state index in [1.807, 2.05) is 13.0 Å². The predicted octanol–water partition coefficient (Wildman–Crippen LogP) is 3.40. The Labute approximate surface area is 171 Å². The molecular formula is C20H31N5O2S. The quantitative estimate of drug-likeness (QED) is 0.465. The van der Waals surface area contributed by atoms with Gasteiger partial charge < -0.3 is 15.9 Å². The third-order valence-electron chi connectivity index (χ3n) is 4.57. The summed E-state index contributed by atoms with van der Waals surface area (Å²) in [5, 5.41) is 11.7. The van der Waals surface area contributed by atoms with Gasteiger partial charge in [-0.15, -0.1) is 10.2 Å². The lowest BCUT2D eigenvalue weighted by Crippen LogP contribution is -2.35. The lowest BCUT2D eigenvalue weighted by molar-refractivity contribution is -0.119. The minimum Gasteiger partial charge on any atom is -0.485 e. The van der Waals surface area contributed by atoms with E-state index >= 15 is 0 Å². The van der Waals surface area contributed by atoms with E-state index in [0.29, 0.717) is 16.9 Å². The van der Waals surface area contributed by atoms with Gasteiger partial charge in [-0.05, 0) is 42.9 Å². The molecule has 154 valence electrons. The Balaban J connectivity index is 1.96. The first kappa shape index (κ1) is 22.1. The Kier molecular flexibility index (Phi) is 8.17. The van der Waals surface area contributed by atoms with E-state index in [1.54, 1.807) is 0 Å². The van der Waals surface area contributed by atoms with E-state index in [0.717, 1.165) is 29.7 Å². The number of amides is 1. The van der Waals surface area contributed by atoms with E-state index in [-0.39, 0.29) is 24.3 Å². The summed E-state index contributed by atoms with van der Waals surface area (Å²) in [5.74, 6) is 8.02. The molecule has 0 aliphatic heterocycles. The van der Waals surface area contributed by atoms with Gasteiger partial charge in [0, 0.05) is 6.04 Å². The molecule has 1 aromatic heterocycles. The Morgan fingerprint density at radius 3 is 2.64 bits per heavy atom. The maximum absolute atomic E-state index is 12.1. The topological polar surface area (TPSA) is 95.1 Å². The van der Waals surface area contributed by atoms with Gasteiger partial charge in [0.1, 0.15) is 12.4 Å². The molecule has 0 unspecified atom stereocenters. The molecule has 3 N–H and O–H groups in total. The van der Waals surface area contributed by atoms with E-state index in [1.165, 1.54) is 16.4 Å². The van der Waals surface area contributed by atoms with Crippen LogP contribution in [0, 0.1) is 6.92 Å². The van der Waals surface area contributed by atoms with Crippen LogP contribution in [0.25, 0.3) is 0 Å². The number of ether oxygens (including phenoxy) is 1. The standard InChI is InChI=1S/C20H31N5O2S/c1-6-15(7-2)22-19(26)12-28-20-24-23-18(25(20)21)11-27-17-10-14(5)8-9-16(17)13(3)4/h8-10,13,15H,6-7,11-12,21H2,1-5H3,(H,22,26). The monoisotopic (exact) mass is 405 g/mol. The van der Waals surface area contributed by atoms with Crippen LogP contribution in [0.1, 0.15) is 63.4 Å². The summed E-state index contributed by atoms with van der Waals surface area (Å²) in [6.45, 7) is 10.6. The molecule has 0 aliphatic rings.